The minimum atomic E-state index is -0.0969. The fourth-order valence-electron chi connectivity index (χ4n) is 11.2. The molecule has 0 saturated carbocycles. The quantitative estimate of drug-likeness (QED) is 0.112. The van der Waals surface area contributed by atoms with Gasteiger partial charge in [0.1, 0.15) is 11.5 Å². The number of para-hydroxylation sites is 3. The van der Waals surface area contributed by atoms with Crippen LogP contribution in [0.25, 0.3) is 77.4 Å². The van der Waals surface area contributed by atoms with E-state index in [4.69, 9.17) is 9.72 Å². The minimum Gasteiger partial charge on any atom is -0.509 e. The summed E-state index contributed by atoms with van der Waals surface area (Å²) in [6.45, 7) is 20.5. The summed E-state index contributed by atoms with van der Waals surface area (Å²) in [7, 11) is 0. The van der Waals surface area contributed by atoms with E-state index >= 15 is 0 Å². The Morgan fingerprint density at radius 1 is 0.456 bits per heavy atom. The van der Waals surface area contributed by atoms with Gasteiger partial charge in [-0.3, -0.25) is 0 Å². The van der Waals surface area contributed by atoms with Gasteiger partial charge in [-0.25, -0.2) is 4.98 Å². The summed E-state index contributed by atoms with van der Waals surface area (Å²) in [5, 5.41) is 4.66. The molecular formula is C72H61N5OPt+2. The van der Waals surface area contributed by atoms with Crippen LogP contribution in [0.3, 0.4) is 0 Å². The zero-order valence-corrected chi connectivity index (χ0v) is 48.4. The monoisotopic (exact) mass is 1210 g/mol. The number of benzene rings is 9. The Morgan fingerprint density at radius 3 is 1.80 bits per heavy atom. The van der Waals surface area contributed by atoms with Crippen LogP contribution in [0.5, 0.6) is 11.5 Å². The second kappa shape index (κ2) is 19.5. The Labute approximate surface area is 477 Å². The van der Waals surface area contributed by atoms with Gasteiger partial charge in [0.15, 0.2) is 0 Å². The van der Waals surface area contributed by atoms with E-state index in [1.54, 1.807) is 0 Å². The van der Waals surface area contributed by atoms with Gasteiger partial charge in [-0.05, 0) is 108 Å². The molecule has 6 nitrogen and oxygen atoms in total. The molecule has 0 spiro atoms. The molecule has 7 heteroatoms. The molecule has 4 heterocycles. The smallest absolute Gasteiger partial charge is 0.509 e. The van der Waals surface area contributed by atoms with Crippen molar-refractivity contribution in [3.63, 3.8) is 0 Å². The molecule has 0 fully saturated rings. The average molecular weight is 1210 g/mol. The Bertz CT molecular complexity index is 4370. The van der Waals surface area contributed by atoms with Crippen molar-refractivity contribution in [3.8, 4) is 45.3 Å². The maximum Gasteiger partial charge on any atom is 2.00 e. The molecule has 0 bridgehead atoms. The summed E-state index contributed by atoms with van der Waals surface area (Å²) in [5.41, 5.74) is 17.2. The fraction of sp³-hybridized carbons (Fsp3) is 0.167. The summed E-state index contributed by atoms with van der Waals surface area (Å²) in [6.07, 6.45) is 1.91. The van der Waals surface area contributed by atoms with E-state index in [9.17, 15) is 0 Å². The molecule has 0 amide bonds. The number of pyridine rings is 1. The van der Waals surface area contributed by atoms with Crippen molar-refractivity contribution in [2.75, 3.05) is 0 Å². The van der Waals surface area contributed by atoms with Gasteiger partial charge >= 0.3 is 32.8 Å². The van der Waals surface area contributed by atoms with Gasteiger partial charge in [-0.2, -0.15) is 12.1 Å². The molecule has 0 atom stereocenters. The second-order valence-electron chi connectivity index (χ2n) is 23.8. The number of fused-ring (bicyclic) bond motifs is 7. The fourth-order valence-corrected chi connectivity index (χ4v) is 11.2. The van der Waals surface area contributed by atoms with Crippen LogP contribution in [-0.2, 0) is 37.3 Å². The zero-order chi connectivity index (χ0) is 53.7. The van der Waals surface area contributed by atoms with E-state index in [0.29, 0.717) is 11.5 Å². The predicted octanol–water partition coefficient (Wildman–Crippen LogP) is 18.7. The van der Waals surface area contributed by atoms with Crippen molar-refractivity contribution < 1.29 is 25.8 Å². The standard InChI is InChI=1S/C72H61N5O.Pt/c1-70(2,3)50-36-37-73-68(43-50)77-65-35-32-48(47-20-11-10-12-21-47)39-62(65)61-34-33-57(45-67(61)77)78-56-25-18-23-53(44-56)74-46-75(55-41-51(71(4,5)6)40-52(42-55)72(7,8)9)69-58(28-19-31-66(69)74)49-22-17-24-54(38-49)76-63-29-15-13-26-59(63)60-27-14-16-30-64(60)76;/h10-43H,1-9H3;/q;+2. The Hall–Kier alpha value is -8.40. The van der Waals surface area contributed by atoms with Crippen molar-refractivity contribution in [2.45, 2.75) is 78.6 Å². The summed E-state index contributed by atoms with van der Waals surface area (Å²) in [5.74, 6) is 1.97. The van der Waals surface area contributed by atoms with Gasteiger partial charge in [0.2, 0.25) is 5.69 Å². The Morgan fingerprint density at radius 2 is 1.09 bits per heavy atom. The van der Waals surface area contributed by atoms with Crippen LogP contribution < -0.4 is 13.9 Å². The molecule has 12 aromatic rings. The number of aromatic nitrogens is 3. The molecule has 0 radical (unpaired) electrons. The molecule has 1 aliphatic heterocycles. The summed E-state index contributed by atoms with van der Waals surface area (Å²) >= 11 is 0. The molecule has 9 aromatic carbocycles. The SMILES string of the molecule is CC(C)(C)c1cc([N+]2=C=[N+](c3[c-]c(Oc4[c-]c5c(cc4)c4cc(-c6ccccc6)ccc4n5-c4cc(C(C)(C)C)ccn4)ccc3)c3cccc(-c4cccc(-n5c6ccccc6c6ccccc65)c4)c32)cc(C(C)(C)C)c1.[Pt+2]. The predicted molar refractivity (Wildman–Crippen MR) is 325 cm³/mol. The van der Waals surface area contributed by atoms with Gasteiger partial charge in [0.25, 0.3) is 5.69 Å². The first-order chi connectivity index (χ1) is 37.5. The molecular weight excluding hydrogens is 1150 g/mol. The first kappa shape index (κ1) is 51.4. The average Bonchev–Trinajstić information content (AvgIpc) is 4.26. The largest absolute Gasteiger partial charge is 2.00 e. The van der Waals surface area contributed by atoms with E-state index in [2.05, 4.69) is 281 Å². The van der Waals surface area contributed by atoms with Crippen LogP contribution in [-0.4, -0.2) is 20.1 Å². The molecule has 388 valence electrons. The van der Waals surface area contributed by atoms with Crippen LogP contribution in [0, 0.1) is 12.1 Å². The van der Waals surface area contributed by atoms with Crippen molar-refractivity contribution in [2.24, 2.45) is 0 Å². The number of ether oxygens (including phenoxy) is 1. The summed E-state index contributed by atoms with van der Waals surface area (Å²) < 4.78 is 15.8. The normalized spacial score (nSPS) is 12.7. The van der Waals surface area contributed by atoms with Gasteiger partial charge in [0, 0.05) is 57.9 Å². The third-order valence-electron chi connectivity index (χ3n) is 15.4. The van der Waals surface area contributed by atoms with Crippen LogP contribution in [0.1, 0.15) is 79.0 Å². The minimum absolute atomic E-state index is 0. The van der Waals surface area contributed by atoms with E-state index in [1.807, 2.05) is 24.4 Å². The topological polar surface area (TPSA) is 38.0 Å². The first-order valence-corrected chi connectivity index (χ1v) is 27.0. The van der Waals surface area contributed by atoms with Crippen LogP contribution in [0.4, 0.5) is 22.7 Å². The van der Waals surface area contributed by atoms with E-state index in [0.717, 1.165) is 72.8 Å². The van der Waals surface area contributed by atoms with Crippen molar-refractivity contribution >= 4 is 72.4 Å². The number of hydrogen-bond acceptors (Lipinski definition) is 2. The van der Waals surface area contributed by atoms with Crippen molar-refractivity contribution in [3.05, 3.63) is 235 Å². The third kappa shape index (κ3) is 9.23. The van der Waals surface area contributed by atoms with Gasteiger partial charge in [-0.15, -0.1) is 23.6 Å². The Balaban J connectivity index is 0.00000623. The molecule has 0 saturated heterocycles. The number of rotatable bonds is 8. The van der Waals surface area contributed by atoms with Crippen molar-refractivity contribution in [1.82, 2.24) is 23.3 Å². The summed E-state index contributed by atoms with van der Waals surface area (Å²) in [6, 6.07) is 83.1. The molecule has 13 rings (SSSR count). The molecule has 0 N–H and O–H groups in total. The van der Waals surface area contributed by atoms with Gasteiger partial charge in [0.05, 0.1) is 16.6 Å². The van der Waals surface area contributed by atoms with Crippen molar-refractivity contribution in [1.29, 1.82) is 0 Å². The molecule has 0 unspecified atom stereocenters. The van der Waals surface area contributed by atoms with Gasteiger partial charge < -0.3 is 13.9 Å². The first-order valence-electron chi connectivity index (χ1n) is 27.0. The van der Waals surface area contributed by atoms with Crippen LogP contribution in [0.2, 0.25) is 0 Å². The van der Waals surface area contributed by atoms with E-state index in [-0.39, 0.29) is 37.3 Å². The van der Waals surface area contributed by atoms with E-state index < -0.39 is 0 Å². The second-order valence-corrected chi connectivity index (χ2v) is 23.8. The third-order valence-corrected chi connectivity index (χ3v) is 15.4. The molecule has 1 aliphatic rings. The number of hydrogen-bond donors (Lipinski definition) is 0. The Kier molecular flexibility index (Phi) is 12.7. The molecule has 3 aromatic heterocycles. The maximum absolute atomic E-state index is 6.84. The maximum atomic E-state index is 6.84. The van der Waals surface area contributed by atoms with Gasteiger partial charge in [-0.1, -0.05) is 188 Å². The zero-order valence-electron chi connectivity index (χ0n) is 46.1. The van der Waals surface area contributed by atoms with E-state index in [1.165, 1.54) is 44.1 Å². The molecule has 79 heavy (non-hydrogen) atoms. The van der Waals surface area contributed by atoms with Crippen LogP contribution >= 0.6 is 0 Å². The number of nitrogens with zero attached hydrogens (tertiary/aromatic N) is 5. The summed E-state index contributed by atoms with van der Waals surface area (Å²) in [4.78, 5) is 4.97. The molecule has 0 aliphatic carbocycles. The van der Waals surface area contributed by atoms with Crippen LogP contribution in [0.15, 0.2) is 206 Å².